The van der Waals surface area contributed by atoms with E-state index in [0.717, 1.165) is 16.9 Å². The zero-order chi connectivity index (χ0) is 21.1. The Morgan fingerprint density at radius 3 is 2.47 bits per heavy atom. The van der Waals surface area contributed by atoms with Crippen molar-refractivity contribution < 1.29 is 9.53 Å². The molecule has 0 aliphatic heterocycles. The fourth-order valence-electron chi connectivity index (χ4n) is 3.77. The Labute approximate surface area is 176 Å². The van der Waals surface area contributed by atoms with Crippen LogP contribution in [0.25, 0.3) is 11.0 Å². The molecule has 0 saturated carbocycles. The zero-order valence-corrected chi connectivity index (χ0v) is 17.4. The van der Waals surface area contributed by atoms with Gasteiger partial charge >= 0.3 is 0 Å². The van der Waals surface area contributed by atoms with E-state index in [-0.39, 0.29) is 18.0 Å². The molecule has 0 spiro atoms. The van der Waals surface area contributed by atoms with E-state index in [1.54, 1.807) is 19.2 Å². The van der Waals surface area contributed by atoms with Crippen molar-refractivity contribution in [2.24, 2.45) is 0 Å². The predicted octanol–water partition coefficient (Wildman–Crippen LogP) is 5.15. The number of methoxy groups -OCH3 is 1. The maximum absolute atomic E-state index is 12.9. The summed E-state index contributed by atoms with van der Waals surface area (Å²) in [5.74, 6) is 1.32. The number of ether oxygens (including phenoxy) is 1. The molecule has 3 aromatic carbocycles. The molecule has 0 fully saturated rings. The molecule has 0 aliphatic carbocycles. The first-order valence-corrected chi connectivity index (χ1v) is 10.0. The Kier molecular flexibility index (Phi) is 5.53. The lowest BCUT2D eigenvalue weighted by molar-refractivity contribution is 0.0937. The summed E-state index contributed by atoms with van der Waals surface area (Å²) in [5, 5.41) is 3.09. The number of hydrogen-bond donors (Lipinski definition) is 1. The summed E-state index contributed by atoms with van der Waals surface area (Å²) in [6.45, 7) is 4.12. The second kappa shape index (κ2) is 8.41. The predicted molar refractivity (Wildman–Crippen MR) is 119 cm³/mol. The van der Waals surface area contributed by atoms with Crippen LogP contribution in [0.1, 0.15) is 47.7 Å². The average Bonchev–Trinajstić information content (AvgIpc) is 3.19. The number of carbonyl (C=O) groups is 1. The van der Waals surface area contributed by atoms with Crippen LogP contribution in [0.2, 0.25) is 0 Å². The molecule has 0 bridgehead atoms. The smallest absolute Gasteiger partial charge is 0.251 e. The number of nitrogens with one attached hydrogen (secondary N) is 1. The molecule has 1 aromatic heterocycles. The maximum Gasteiger partial charge on any atom is 0.251 e. The fraction of sp³-hybridized carbons (Fsp3) is 0.200. The van der Waals surface area contributed by atoms with Crippen molar-refractivity contribution in [3.63, 3.8) is 0 Å². The van der Waals surface area contributed by atoms with Gasteiger partial charge in [0, 0.05) is 5.56 Å². The van der Waals surface area contributed by atoms with E-state index in [1.807, 2.05) is 55.5 Å². The lowest BCUT2D eigenvalue weighted by Gasteiger charge is -2.22. The average molecular weight is 399 g/mol. The van der Waals surface area contributed by atoms with Gasteiger partial charge in [-0.3, -0.25) is 4.79 Å². The van der Waals surface area contributed by atoms with Crippen molar-refractivity contribution in [2.75, 3.05) is 7.11 Å². The molecular weight excluding hydrogens is 374 g/mol. The first-order valence-electron chi connectivity index (χ1n) is 10.0. The molecule has 1 amide bonds. The summed E-state index contributed by atoms with van der Waals surface area (Å²) < 4.78 is 7.45. The van der Waals surface area contributed by atoms with Gasteiger partial charge in [-0.2, -0.15) is 0 Å². The minimum absolute atomic E-state index is 0.0739. The summed E-state index contributed by atoms with van der Waals surface area (Å²) in [7, 11) is 1.59. The van der Waals surface area contributed by atoms with Crippen LogP contribution in [0.15, 0.2) is 78.9 Å². The van der Waals surface area contributed by atoms with E-state index < -0.39 is 0 Å². The minimum atomic E-state index is -0.276. The van der Waals surface area contributed by atoms with Gasteiger partial charge in [0.05, 0.1) is 30.2 Å². The number of fused-ring (bicyclic) bond motifs is 1. The van der Waals surface area contributed by atoms with Crippen LogP contribution in [0.4, 0.5) is 0 Å². The third kappa shape index (κ3) is 3.79. The van der Waals surface area contributed by atoms with Crippen LogP contribution in [-0.4, -0.2) is 22.6 Å². The highest BCUT2D eigenvalue weighted by atomic mass is 16.5. The lowest BCUT2D eigenvalue weighted by Crippen LogP contribution is -2.29. The molecule has 1 heterocycles. The van der Waals surface area contributed by atoms with Crippen molar-refractivity contribution in [1.82, 2.24) is 14.9 Å². The first-order chi connectivity index (χ1) is 14.6. The molecule has 5 nitrogen and oxygen atoms in total. The van der Waals surface area contributed by atoms with Crippen LogP contribution < -0.4 is 10.1 Å². The monoisotopic (exact) mass is 399 g/mol. The normalized spacial score (nSPS) is 13.0. The molecule has 4 aromatic rings. The molecule has 30 heavy (non-hydrogen) atoms. The second-order valence-electron chi connectivity index (χ2n) is 7.34. The molecular formula is C25H25N3O2. The standard InChI is InChI=1S/C25H25N3O2/c1-17(26-25(29)20-12-9-13-21(16-20)30-3)24-27-22-14-7-8-15-23(22)28(24)18(2)19-10-5-4-6-11-19/h4-18H,1-3H3,(H,26,29). The summed E-state index contributed by atoms with van der Waals surface area (Å²) in [6, 6.07) is 25.3. The SMILES string of the molecule is COc1cccc(C(=O)NC(C)c2nc3ccccc3n2C(C)c2ccccc2)c1. The van der Waals surface area contributed by atoms with Crippen molar-refractivity contribution in [2.45, 2.75) is 25.9 Å². The van der Waals surface area contributed by atoms with E-state index >= 15 is 0 Å². The van der Waals surface area contributed by atoms with Crippen LogP contribution in [0.3, 0.4) is 0 Å². The molecule has 5 heteroatoms. The number of carbonyl (C=O) groups excluding carboxylic acids is 1. The summed E-state index contributed by atoms with van der Waals surface area (Å²) in [5.41, 5.74) is 3.71. The second-order valence-corrected chi connectivity index (χ2v) is 7.34. The van der Waals surface area contributed by atoms with Crippen molar-refractivity contribution in [3.8, 4) is 5.75 Å². The van der Waals surface area contributed by atoms with Gasteiger partial charge in [-0.15, -0.1) is 0 Å². The number of imidazole rings is 1. The van der Waals surface area contributed by atoms with Crippen LogP contribution >= 0.6 is 0 Å². The largest absolute Gasteiger partial charge is 0.497 e. The quantitative estimate of drug-likeness (QED) is 0.488. The number of hydrogen-bond acceptors (Lipinski definition) is 3. The van der Waals surface area contributed by atoms with Gasteiger partial charge in [0.2, 0.25) is 0 Å². The number of nitrogens with zero attached hydrogens (tertiary/aromatic N) is 2. The molecule has 2 unspecified atom stereocenters. The van der Waals surface area contributed by atoms with Crippen LogP contribution in [-0.2, 0) is 0 Å². The third-order valence-corrected chi connectivity index (χ3v) is 5.36. The Morgan fingerprint density at radius 2 is 1.70 bits per heavy atom. The Hall–Kier alpha value is -3.60. The molecule has 0 saturated heterocycles. The minimum Gasteiger partial charge on any atom is -0.497 e. The fourth-order valence-corrected chi connectivity index (χ4v) is 3.77. The highest BCUT2D eigenvalue weighted by molar-refractivity contribution is 5.94. The topological polar surface area (TPSA) is 56.1 Å². The zero-order valence-electron chi connectivity index (χ0n) is 17.4. The van der Waals surface area contributed by atoms with E-state index in [9.17, 15) is 4.79 Å². The van der Waals surface area contributed by atoms with Gasteiger partial charge in [-0.05, 0) is 49.7 Å². The molecule has 152 valence electrons. The van der Waals surface area contributed by atoms with Crippen LogP contribution in [0, 0.1) is 0 Å². The third-order valence-electron chi connectivity index (χ3n) is 5.36. The summed E-state index contributed by atoms with van der Waals surface area (Å²) >= 11 is 0. The van der Waals surface area contributed by atoms with Gasteiger partial charge < -0.3 is 14.6 Å². The Balaban J connectivity index is 1.70. The van der Waals surface area contributed by atoms with Gasteiger partial charge in [0.25, 0.3) is 5.91 Å². The van der Waals surface area contributed by atoms with E-state index in [4.69, 9.17) is 9.72 Å². The number of para-hydroxylation sites is 2. The lowest BCUT2D eigenvalue weighted by atomic mass is 10.1. The summed E-state index contributed by atoms with van der Waals surface area (Å²) in [4.78, 5) is 17.7. The Morgan fingerprint density at radius 1 is 0.967 bits per heavy atom. The summed E-state index contributed by atoms with van der Waals surface area (Å²) in [6.07, 6.45) is 0. The molecule has 0 aliphatic rings. The van der Waals surface area contributed by atoms with Gasteiger partial charge in [-0.1, -0.05) is 48.5 Å². The highest BCUT2D eigenvalue weighted by Gasteiger charge is 2.22. The first kappa shape index (κ1) is 19.7. The number of rotatable bonds is 6. The number of benzene rings is 3. The van der Waals surface area contributed by atoms with Gasteiger partial charge in [0.1, 0.15) is 11.6 Å². The van der Waals surface area contributed by atoms with E-state index in [2.05, 4.69) is 35.0 Å². The highest BCUT2D eigenvalue weighted by Crippen LogP contribution is 2.29. The number of amides is 1. The van der Waals surface area contributed by atoms with Crippen molar-refractivity contribution in [1.29, 1.82) is 0 Å². The maximum atomic E-state index is 12.9. The van der Waals surface area contributed by atoms with Gasteiger partial charge in [0.15, 0.2) is 0 Å². The Bertz CT molecular complexity index is 1170. The number of aromatic nitrogens is 2. The molecule has 4 rings (SSSR count). The van der Waals surface area contributed by atoms with Crippen molar-refractivity contribution in [3.05, 3.63) is 95.8 Å². The van der Waals surface area contributed by atoms with E-state index in [0.29, 0.717) is 11.3 Å². The molecule has 0 radical (unpaired) electrons. The van der Waals surface area contributed by atoms with Crippen LogP contribution in [0.5, 0.6) is 5.75 Å². The molecule has 1 N–H and O–H groups in total. The van der Waals surface area contributed by atoms with E-state index in [1.165, 1.54) is 5.56 Å². The van der Waals surface area contributed by atoms with Gasteiger partial charge in [-0.25, -0.2) is 4.98 Å². The molecule has 2 atom stereocenters. The van der Waals surface area contributed by atoms with Crippen molar-refractivity contribution >= 4 is 16.9 Å².